The zero-order valence-corrected chi connectivity index (χ0v) is 15.7. The molecule has 0 aromatic heterocycles. The quantitative estimate of drug-likeness (QED) is 0.681. The number of primary sulfonamides is 1. The molecular weight excluding hydrogens is 338 g/mol. The topological polar surface area (TPSA) is 92.5 Å². The molecule has 1 heterocycles. The number of rotatable bonds is 8. The van der Waals surface area contributed by atoms with Gasteiger partial charge >= 0.3 is 0 Å². The highest BCUT2D eigenvalue weighted by Crippen LogP contribution is 2.15. The number of piperidine rings is 1. The zero-order valence-electron chi connectivity index (χ0n) is 14.9. The number of hydrogen-bond donors (Lipinski definition) is 2. The Morgan fingerprint density at radius 2 is 1.88 bits per heavy atom. The fraction of sp³-hybridized carbons (Fsp3) is 0.611. The van der Waals surface area contributed by atoms with Gasteiger partial charge in [-0.3, -0.25) is 4.79 Å². The van der Waals surface area contributed by atoms with Gasteiger partial charge in [0.15, 0.2) is 0 Å². The fourth-order valence-electron chi connectivity index (χ4n) is 3.01. The number of nitrogens with zero attached hydrogens (tertiary/aromatic N) is 1. The lowest BCUT2D eigenvalue weighted by Gasteiger charge is -2.30. The van der Waals surface area contributed by atoms with E-state index in [1.54, 1.807) is 12.1 Å². The first-order valence-corrected chi connectivity index (χ1v) is 10.5. The molecule has 0 saturated carbocycles. The normalized spacial score (nSPS) is 16.7. The molecule has 6 nitrogen and oxygen atoms in total. The van der Waals surface area contributed by atoms with Crippen molar-refractivity contribution in [3.8, 4) is 0 Å². The zero-order chi connectivity index (χ0) is 18.3. The van der Waals surface area contributed by atoms with Crippen LogP contribution in [0.25, 0.3) is 0 Å². The number of carbonyl (C=O) groups excluding carboxylic acids is 1. The molecular formula is C18H29N3O3S. The summed E-state index contributed by atoms with van der Waals surface area (Å²) >= 11 is 0. The van der Waals surface area contributed by atoms with Crippen LogP contribution in [-0.4, -0.2) is 45.4 Å². The van der Waals surface area contributed by atoms with Crippen molar-refractivity contribution in [1.29, 1.82) is 0 Å². The van der Waals surface area contributed by atoms with Crippen LogP contribution in [-0.2, 0) is 21.2 Å². The number of sulfonamides is 1. The van der Waals surface area contributed by atoms with Gasteiger partial charge in [-0.15, -0.1) is 0 Å². The second-order valence-corrected chi connectivity index (χ2v) is 8.48. The van der Waals surface area contributed by atoms with Gasteiger partial charge in [0, 0.05) is 13.0 Å². The predicted molar refractivity (Wildman–Crippen MR) is 98.6 cm³/mol. The maximum absolute atomic E-state index is 11.9. The lowest BCUT2D eigenvalue weighted by Crippen LogP contribution is -2.35. The molecule has 1 aliphatic rings. The SMILES string of the molecule is CC1CCN(CCCNC(=O)CCc2ccc(S(N)(=O)=O)cc2)CC1. The van der Waals surface area contributed by atoms with E-state index in [0.29, 0.717) is 19.4 Å². The number of nitrogens with one attached hydrogen (secondary N) is 1. The number of aryl methyl sites for hydroxylation is 1. The van der Waals surface area contributed by atoms with E-state index in [1.807, 2.05) is 0 Å². The summed E-state index contributed by atoms with van der Waals surface area (Å²) in [5.41, 5.74) is 0.921. The van der Waals surface area contributed by atoms with Gasteiger partial charge in [0.05, 0.1) is 4.90 Å². The molecule has 7 heteroatoms. The third-order valence-electron chi connectivity index (χ3n) is 4.74. The van der Waals surface area contributed by atoms with Gasteiger partial charge in [0.1, 0.15) is 0 Å². The van der Waals surface area contributed by atoms with Crippen molar-refractivity contribution in [1.82, 2.24) is 10.2 Å². The summed E-state index contributed by atoms with van der Waals surface area (Å²) in [6.07, 6.45) is 4.51. The summed E-state index contributed by atoms with van der Waals surface area (Å²) in [5, 5.41) is 8.02. The van der Waals surface area contributed by atoms with Crippen LogP contribution in [0.5, 0.6) is 0 Å². The van der Waals surface area contributed by atoms with Crippen LogP contribution in [0, 0.1) is 5.92 Å². The number of amides is 1. The van der Waals surface area contributed by atoms with Gasteiger partial charge in [-0.1, -0.05) is 19.1 Å². The first-order chi connectivity index (χ1) is 11.8. The summed E-state index contributed by atoms with van der Waals surface area (Å²) in [6, 6.07) is 6.35. The predicted octanol–water partition coefficient (Wildman–Crippen LogP) is 1.50. The van der Waals surface area contributed by atoms with E-state index in [1.165, 1.54) is 38.1 Å². The molecule has 0 atom stereocenters. The molecule has 1 amide bonds. The maximum atomic E-state index is 11.9. The standard InChI is InChI=1S/C18H29N3O3S/c1-15-9-13-21(14-10-15)12-2-11-20-18(22)8-5-16-3-6-17(7-4-16)25(19,23)24/h3-4,6-7,15H,2,5,8-14H2,1H3,(H,20,22)(H2,19,23,24). The van der Waals surface area contributed by atoms with E-state index in [-0.39, 0.29) is 10.8 Å². The second kappa shape index (κ2) is 9.31. The summed E-state index contributed by atoms with van der Waals surface area (Å²) < 4.78 is 22.4. The van der Waals surface area contributed by atoms with Crippen molar-refractivity contribution in [2.75, 3.05) is 26.2 Å². The van der Waals surface area contributed by atoms with E-state index >= 15 is 0 Å². The number of nitrogens with two attached hydrogens (primary N) is 1. The Labute approximate surface area is 150 Å². The fourth-order valence-corrected chi connectivity index (χ4v) is 3.52. The van der Waals surface area contributed by atoms with Gasteiger partial charge in [0.25, 0.3) is 0 Å². The minimum Gasteiger partial charge on any atom is -0.356 e. The molecule has 1 saturated heterocycles. The molecule has 3 N–H and O–H groups in total. The number of carbonyl (C=O) groups is 1. The third kappa shape index (κ3) is 7.13. The van der Waals surface area contributed by atoms with Crippen LogP contribution in [0.15, 0.2) is 29.2 Å². The smallest absolute Gasteiger partial charge is 0.238 e. The number of likely N-dealkylation sites (tertiary alicyclic amines) is 1. The first kappa shape index (κ1) is 19.9. The van der Waals surface area contributed by atoms with Gasteiger partial charge < -0.3 is 10.2 Å². The van der Waals surface area contributed by atoms with Crippen LogP contribution in [0.4, 0.5) is 0 Å². The maximum Gasteiger partial charge on any atom is 0.238 e. The Bertz CT molecular complexity index is 651. The molecule has 0 unspecified atom stereocenters. The van der Waals surface area contributed by atoms with E-state index in [0.717, 1.165) is 24.4 Å². The minimum absolute atomic E-state index is 0.0304. The molecule has 25 heavy (non-hydrogen) atoms. The van der Waals surface area contributed by atoms with E-state index in [4.69, 9.17) is 5.14 Å². The van der Waals surface area contributed by atoms with Crippen LogP contribution >= 0.6 is 0 Å². The number of hydrogen-bond acceptors (Lipinski definition) is 4. The van der Waals surface area contributed by atoms with Crippen molar-refractivity contribution in [3.05, 3.63) is 29.8 Å². The molecule has 0 spiro atoms. The van der Waals surface area contributed by atoms with E-state index < -0.39 is 10.0 Å². The van der Waals surface area contributed by atoms with Crippen molar-refractivity contribution in [2.24, 2.45) is 11.1 Å². The van der Waals surface area contributed by atoms with Crippen molar-refractivity contribution >= 4 is 15.9 Å². The summed E-state index contributed by atoms with van der Waals surface area (Å²) in [4.78, 5) is 14.5. The Morgan fingerprint density at radius 1 is 1.24 bits per heavy atom. The van der Waals surface area contributed by atoms with E-state index in [2.05, 4.69) is 17.1 Å². The molecule has 0 bridgehead atoms. The van der Waals surface area contributed by atoms with Crippen LogP contribution in [0.3, 0.4) is 0 Å². The Morgan fingerprint density at radius 3 is 2.48 bits per heavy atom. The highest BCUT2D eigenvalue weighted by molar-refractivity contribution is 7.89. The molecule has 140 valence electrons. The largest absolute Gasteiger partial charge is 0.356 e. The van der Waals surface area contributed by atoms with Gasteiger partial charge in [0.2, 0.25) is 15.9 Å². The average molecular weight is 368 g/mol. The van der Waals surface area contributed by atoms with Gasteiger partial charge in [-0.2, -0.15) is 0 Å². The number of benzene rings is 1. The minimum atomic E-state index is -3.66. The third-order valence-corrected chi connectivity index (χ3v) is 5.67. The highest BCUT2D eigenvalue weighted by atomic mass is 32.2. The van der Waals surface area contributed by atoms with Crippen molar-refractivity contribution in [3.63, 3.8) is 0 Å². The van der Waals surface area contributed by atoms with Crippen molar-refractivity contribution in [2.45, 2.75) is 43.9 Å². The molecule has 1 fully saturated rings. The van der Waals surface area contributed by atoms with Crippen LogP contribution < -0.4 is 10.5 Å². The molecule has 2 rings (SSSR count). The first-order valence-electron chi connectivity index (χ1n) is 8.95. The molecule has 1 aromatic carbocycles. The van der Waals surface area contributed by atoms with Crippen LogP contribution in [0.1, 0.15) is 38.2 Å². The van der Waals surface area contributed by atoms with Gasteiger partial charge in [-0.05, 0) is 68.9 Å². The van der Waals surface area contributed by atoms with Gasteiger partial charge in [-0.25, -0.2) is 13.6 Å². The summed E-state index contributed by atoms with van der Waals surface area (Å²) in [6.45, 7) is 6.39. The lowest BCUT2D eigenvalue weighted by molar-refractivity contribution is -0.121. The highest BCUT2D eigenvalue weighted by Gasteiger charge is 2.14. The van der Waals surface area contributed by atoms with E-state index in [9.17, 15) is 13.2 Å². The molecule has 0 aliphatic carbocycles. The Hall–Kier alpha value is -1.44. The lowest BCUT2D eigenvalue weighted by atomic mass is 9.99. The van der Waals surface area contributed by atoms with Crippen molar-refractivity contribution < 1.29 is 13.2 Å². The molecule has 1 aliphatic heterocycles. The molecule has 1 aromatic rings. The Kier molecular flexibility index (Phi) is 7.40. The monoisotopic (exact) mass is 367 g/mol. The molecule has 0 radical (unpaired) electrons. The van der Waals surface area contributed by atoms with Crippen LogP contribution in [0.2, 0.25) is 0 Å². The second-order valence-electron chi connectivity index (χ2n) is 6.92. The Balaban J connectivity index is 1.61. The summed E-state index contributed by atoms with van der Waals surface area (Å²) in [5.74, 6) is 0.873. The summed E-state index contributed by atoms with van der Waals surface area (Å²) in [7, 11) is -3.66. The average Bonchev–Trinajstić information content (AvgIpc) is 2.58.